The van der Waals surface area contributed by atoms with Gasteiger partial charge in [0.1, 0.15) is 0 Å². The lowest BCUT2D eigenvalue weighted by Gasteiger charge is -2.05. The molecule has 78 valence electrons. The second kappa shape index (κ2) is 6.33. The van der Waals surface area contributed by atoms with Crippen LogP contribution in [0.5, 0.6) is 0 Å². The molecule has 1 heterocycles. The van der Waals surface area contributed by atoms with E-state index in [4.69, 9.17) is 5.84 Å². The highest BCUT2D eigenvalue weighted by Crippen LogP contribution is 2.01. The van der Waals surface area contributed by atoms with E-state index in [9.17, 15) is 0 Å². The van der Waals surface area contributed by atoms with E-state index in [1.54, 1.807) is 11.3 Å². The fraction of sp³-hybridized carbons (Fsp3) is 0.500. The third-order valence-electron chi connectivity index (χ3n) is 1.60. The maximum absolute atomic E-state index is 5.26. The Labute approximate surface area is 87.4 Å². The van der Waals surface area contributed by atoms with Crippen molar-refractivity contribution in [3.63, 3.8) is 0 Å². The summed E-state index contributed by atoms with van der Waals surface area (Å²) in [6.07, 6.45) is 0.847. The van der Waals surface area contributed by atoms with Crippen molar-refractivity contribution in [3.05, 3.63) is 16.6 Å². The van der Waals surface area contributed by atoms with Crippen LogP contribution in [0, 0.1) is 0 Å². The number of hydrogen-bond acceptors (Lipinski definition) is 4. The number of thiazole rings is 1. The summed E-state index contributed by atoms with van der Waals surface area (Å²) in [6, 6.07) is 0. The molecule has 0 atom stereocenters. The molecule has 0 radical (unpaired) electrons. The fourth-order valence-electron chi connectivity index (χ4n) is 0.963. The van der Waals surface area contributed by atoms with Crippen LogP contribution in [0.3, 0.4) is 0 Å². The van der Waals surface area contributed by atoms with E-state index < -0.39 is 0 Å². The summed E-state index contributed by atoms with van der Waals surface area (Å²) in [5, 5.41) is 5.03. The van der Waals surface area contributed by atoms with Gasteiger partial charge < -0.3 is 5.32 Å². The van der Waals surface area contributed by atoms with E-state index in [2.05, 4.69) is 20.7 Å². The minimum absolute atomic E-state index is 0.628. The summed E-state index contributed by atoms with van der Waals surface area (Å²) in [6.45, 7) is 3.49. The van der Waals surface area contributed by atoms with Gasteiger partial charge in [-0.1, -0.05) is 0 Å². The SMILES string of the molecule is CCNC(=NCCc1cscn1)NN. The Kier molecular flexibility index (Phi) is 4.95. The number of hydrogen-bond donors (Lipinski definition) is 3. The highest BCUT2D eigenvalue weighted by Gasteiger charge is 1.95. The number of nitrogens with one attached hydrogen (secondary N) is 2. The lowest BCUT2D eigenvalue weighted by Crippen LogP contribution is -2.41. The van der Waals surface area contributed by atoms with Crippen molar-refractivity contribution in [1.82, 2.24) is 15.7 Å². The van der Waals surface area contributed by atoms with Gasteiger partial charge in [-0.2, -0.15) is 0 Å². The zero-order chi connectivity index (χ0) is 10.2. The normalized spacial score (nSPS) is 11.4. The van der Waals surface area contributed by atoms with E-state index in [0.29, 0.717) is 12.5 Å². The molecule has 1 aromatic heterocycles. The van der Waals surface area contributed by atoms with Crippen molar-refractivity contribution in [2.75, 3.05) is 13.1 Å². The highest BCUT2D eigenvalue weighted by molar-refractivity contribution is 7.07. The first kappa shape index (κ1) is 10.9. The number of nitrogens with two attached hydrogens (primary N) is 1. The van der Waals surface area contributed by atoms with Crippen LogP contribution in [0.1, 0.15) is 12.6 Å². The molecule has 0 unspecified atom stereocenters. The van der Waals surface area contributed by atoms with Crippen molar-refractivity contribution >= 4 is 17.3 Å². The zero-order valence-corrected chi connectivity index (χ0v) is 8.97. The van der Waals surface area contributed by atoms with Gasteiger partial charge >= 0.3 is 0 Å². The van der Waals surface area contributed by atoms with E-state index in [1.165, 1.54) is 0 Å². The molecule has 0 bridgehead atoms. The zero-order valence-electron chi connectivity index (χ0n) is 8.16. The van der Waals surface area contributed by atoms with Crippen LogP contribution in [0.4, 0.5) is 0 Å². The van der Waals surface area contributed by atoms with Crippen molar-refractivity contribution in [2.24, 2.45) is 10.8 Å². The fourth-order valence-corrected chi connectivity index (χ4v) is 1.56. The van der Waals surface area contributed by atoms with Crippen molar-refractivity contribution < 1.29 is 0 Å². The lowest BCUT2D eigenvalue weighted by atomic mass is 10.3. The molecule has 0 amide bonds. The van der Waals surface area contributed by atoms with Gasteiger partial charge in [-0.25, -0.2) is 10.8 Å². The highest BCUT2D eigenvalue weighted by atomic mass is 32.1. The van der Waals surface area contributed by atoms with Crippen LogP contribution in [0.25, 0.3) is 0 Å². The van der Waals surface area contributed by atoms with Crippen LogP contribution in [-0.4, -0.2) is 24.0 Å². The van der Waals surface area contributed by atoms with Gasteiger partial charge in [-0.15, -0.1) is 11.3 Å². The first-order valence-electron chi connectivity index (χ1n) is 4.48. The molecule has 6 heteroatoms. The van der Waals surface area contributed by atoms with E-state index in [-0.39, 0.29) is 0 Å². The molecule has 0 aliphatic heterocycles. The monoisotopic (exact) mass is 213 g/mol. The van der Waals surface area contributed by atoms with Crippen LogP contribution in [0.15, 0.2) is 15.9 Å². The molecule has 0 aromatic carbocycles. The van der Waals surface area contributed by atoms with Gasteiger partial charge in [0.25, 0.3) is 0 Å². The molecule has 0 spiro atoms. The summed E-state index contributed by atoms with van der Waals surface area (Å²) in [4.78, 5) is 8.40. The Morgan fingerprint density at radius 1 is 1.71 bits per heavy atom. The van der Waals surface area contributed by atoms with Crippen molar-refractivity contribution in [2.45, 2.75) is 13.3 Å². The molecule has 4 N–H and O–H groups in total. The molecule has 1 aromatic rings. The van der Waals surface area contributed by atoms with Gasteiger partial charge in [0.15, 0.2) is 0 Å². The first-order valence-corrected chi connectivity index (χ1v) is 5.43. The van der Waals surface area contributed by atoms with E-state index >= 15 is 0 Å². The average molecular weight is 213 g/mol. The van der Waals surface area contributed by atoms with Gasteiger partial charge in [-0.05, 0) is 6.92 Å². The summed E-state index contributed by atoms with van der Waals surface area (Å²) in [5.41, 5.74) is 5.40. The number of aromatic nitrogens is 1. The Balaban J connectivity index is 2.30. The van der Waals surface area contributed by atoms with Crippen LogP contribution < -0.4 is 16.6 Å². The molecule has 0 saturated heterocycles. The minimum Gasteiger partial charge on any atom is -0.356 e. The lowest BCUT2D eigenvalue weighted by molar-refractivity contribution is 0.839. The molecule has 0 saturated carbocycles. The predicted octanol–water partition coefficient (Wildman–Crippen LogP) is 0.114. The van der Waals surface area contributed by atoms with Crippen LogP contribution in [-0.2, 0) is 6.42 Å². The second-order valence-electron chi connectivity index (χ2n) is 2.63. The molecule has 0 fully saturated rings. The number of hydrazine groups is 1. The molecule has 0 aliphatic carbocycles. The summed E-state index contributed by atoms with van der Waals surface area (Å²) in [7, 11) is 0. The van der Waals surface area contributed by atoms with Gasteiger partial charge in [0.05, 0.1) is 11.2 Å². The van der Waals surface area contributed by atoms with Crippen molar-refractivity contribution in [1.29, 1.82) is 0 Å². The molecule has 14 heavy (non-hydrogen) atoms. The number of guanidine groups is 1. The van der Waals surface area contributed by atoms with Gasteiger partial charge in [0, 0.05) is 24.9 Å². The van der Waals surface area contributed by atoms with Crippen LogP contribution >= 0.6 is 11.3 Å². The average Bonchev–Trinajstić information content (AvgIpc) is 2.69. The number of aliphatic imine (C=N–C) groups is 1. The summed E-state index contributed by atoms with van der Waals surface area (Å²) in [5.74, 6) is 5.89. The molecular formula is C8H15N5S. The molecule has 1 rings (SSSR count). The Bertz CT molecular complexity index is 269. The van der Waals surface area contributed by atoms with Crippen LogP contribution in [0.2, 0.25) is 0 Å². The third-order valence-corrected chi connectivity index (χ3v) is 2.24. The van der Waals surface area contributed by atoms with Gasteiger partial charge in [0.2, 0.25) is 5.96 Å². The molecular weight excluding hydrogens is 198 g/mol. The smallest absolute Gasteiger partial charge is 0.205 e. The Hall–Kier alpha value is -1.14. The largest absolute Gasteiger partial charge is 0.356 e. The third kappa shape index (κ3) is 3.71. The standard InChI is InChI=1S/C8H15N5S/c1-2-10-8(13-9)11-4-3-7-5-14-6-12-7/h5-6H,2-4,9H2,1H3,(H2,10,11,13). The Morgan fingerprint density at radius 2 is 2.57 bits per heavy atom. The summed E-state index contributed by atoms with van der Waals surface area (Å²) >= 11 is 1.60. The molecule has 0 aliphatic rings. The minimum atomic E-state index is 0.628. The second-order valence-corrected chi connectivity index (χ2v) is 3.35. The van der Waals surface area contributed by atoms with Crippen molar-refractivity contribution in [3.8, 4) is 0 Å². The van der Waals surface area contributed by atoms with Gasteiger partial charge in [-0.3, -0.25) is 10.4 Å². The topological polar surface area (TPSA) is 75.3 Å². The number of rotatable bonds is 4. The van der Waals surface area contributed by atoms with E-state index in [0.717, 1.165) is 18.7 Å². The quantitative estimate of drug-likeness (QED) is 0.287. The maximum Gasteiger partial charge on any atom is 0.205 e. The maximum atomic E-state index is 5.26. The molecule has 5 nitrogen and oxygen atoms in total. The van der Waals surface area contributed by atoms with E-state index in [1.807, 2.05) is 17.8 Å². The number of nitrogens with zero attached hydrogens (tertiary/aromatic N) is 2. The Morgan fingerprint density at radius 3 is 3.14 bits per heavy atom. The summed E-state index contributed by atoms with van der Waals surface area (Å²) < 4.78 is 0. The predicted molar refractivity (Wildman–Crippen MR) is 59.1 cm³/mol. The first-order chi connectivity index (χ1) is 6.86.